The van der Waals surface area contributed by atoms with Crippen molar-refractivity contribution in [2.45, 2.75) is 96.9 Å². The number of nitrogens with one attached hydrogen (secondary N) is 2. The van der Waals surface area contributed by atoms with E-state index in [4.69, 9.17) is 4.74 Å². The number of phenolic OH excluding ortho intramolecular Hbond substituents is 1. The molecule has 0 saturated heterocycles. The molecule has 0 spiro atoms. The van der Waals surface area contributed by atoms with Gasteiger partial charge in [-0.2, -0.15) is 0 Å². The van der Waals surface area contributed by atoms with Crippen molar-refractivity contribution in [3.8, 4) is 5.75 Å². The lowest BCUT2D eigenvalue weighted by atomic mass is 9.94. The molecule has 2 atom stereocenters. The van der Waals surface area contributed by atoms with Gasteiger partial charge in [0.25, 0.3) is 0 Å². The fraction of sp³-hybridized carbons (Fsp3) is 0.516. The van der Waals surface area contributed by atoms with E-state index >= 15 is 0 Å². The molecule has 212 valence electrons. The molecule has 3 amide bonds. The Labute approximate surface area is 232 Å². The van der Waals surface area contributed by atoms with E-state index < -0.39 is 23.8 Å². The van der Waals surface area contributed by atoms with E-state index in [1.807, 2.05) is 38.1 Å². The predicted molar refractivity (Wildman–Crippen MR) is 151 cm³/mol. The van der Waals surface area contributed by atoms with Crippen molar-refractivity contribution in [2.75, 3.05) is 6.54 Å². The van der Waals surface area contributed by atoms with Crippen LogP contribution in [0.5, 0.6) is 5.75 Å². The highest BCUT2D eigenvalue weighted by Gasteiger charge is 2.36. The predicted octanol–water partition coefficient (Wildman–Crippen LogP) is 5.18. The lowest BCUT2D eigenvalue weighted by molar-refractivity contribution is -0.142. The third kappa shape index (κ3) is 9.01. The first-order valence-corrected chi connectivity index (χ1v) is 13.9. The minimum absolute atomic E-state index is 0.0840. The molecule has 1 fully saturated rings. The van der Waals surface area contributed by atoms with Crippen LogP contribution in [0.3, 0.4) is 0 Å². The van der Waals surface area contributed by atoms with E-state index in [1.165, 1.54) is 23.5 Å². The van der Waals surface area contributed by atoms with Crippen molar-refractivity contribution >= 4 is 17.9 Å². The number of carbonyl (C=O) groups excluding carboxylic acids is 3. The Balaban J connectivity index is 1.94. The van der Waals surface area contributed by atoms with Crippen LogP contribution in [0.4, 0.5) is 4.79 Å². The van der Waals surface area contributed by atoms with Gasteiger partial charge < -0.3 is 25.4 Å². The van der Waals surface area contributed by atoms with Gasteiger partial charge in [0.05, 0.1) is 0 Å². The summed E-state index contributed by atoms with van der Waals surface area (Å²) in [6.07, 6.45) is 4.62. The lowest BCUT2D eigenvalue weighted by Crippen LogP contribution is -2.54. The van der Waals surface area contributed by atoms with Crippen LogP contribution in [0.1, 0.15) is 82.5 Å². The van der Waals surface area contributed by atoms with Crippen LogP contribution in [0.15, 0.2) is 48.5 Å². The van der Waals surface area contributed by atoms with Crippen LogP contribution >= 0.6 is 0 Å². The minimum Gasteiger partial charge on any atom is -0.508 e. The van der Waals surface area contributed by atoms with Gasteiger partial charge in [0.2, 0.25) is 11.8 Å². The molecule has 3 N–H and O–H groups in total. The molecule has 0 heterocycles. The summed E-state index contributed by atoms with van der Waals surface area (Å²) in [4.78, 5) is 42.2. The van der Waals surface area contributed by atoms with E-state index in [1.54, 1.807) is 32.9 Å². The average Bonchev–Trinajstić information content (AvgIpc) is 2.88. The van der Waals surface area contributed by atoms with E-state index in [0.29, 0.717) is 5.56 Å². The summed E-state index contributed by atoms with van der Waals surface area (Å²) in [5, 5.41) is 15.6. The fourth-order valence-electron chi connectivity index (χ4n) is 4.93. The van der Waals surface area contributed by atoms with Crippen molar-refractivity contribution in [1.29, 1.82) is 0 Å². The smallest absolute Gasteiger partial charge is 0.408 e. The topological polar surface area (TPSA) is 108 Å². The van der Waals surface area contributed by atoms with Crippen LogP contribution in [-0.2, 0) is 20.7 Å². The third-order valence-corrected chi connectivity index (χ3v) is 6.89. The van der Waals surface area contributed by atoms with Gasteiger partial charge in [0.1, 0.15) is 23.4 Å². The normalized spacial score (nSPS) is 15.6. The molecule has 1 aliphatic carbocycles. The van der Waals surface area contributed by atoms with E-state index in [9.17, 15) is 19.5 Å². The maximum atomic E-state index is 14.2. The summed E-state index contributed by atoms with van der Waals surface area (Å²) in [6.45, 7) is 9.33. The molecule has 0 bridgehead atoms. The van der Waals surface area contributed by atoms with Crippen LogP contribution in [-0.4, -0.2) is 52.1 Å². The summed E-state index contributed by atoms with van der Waals surface area (Å²) in [5.74, 6) is -0.502. The average molecular weight is 538 g/mol. The van der Waals surface area contributed by atoms with Crippen molar-refractivity contribution in [3.63, 3.8) is 0 Å². The van der Waals surface area contributed by atoms with Gasteiger partial charge in [-0.05, 0) is 70.7 Å². The van der Waals surface area contributed by atoms with Crippen molar-refractivity contribution in [3.05, 3.63) is 65.2 Å². The number of amides is 3. The summed E-state index contributed by atoms with van der Waals surface area (Å²) >= 11 is 0. The number of aromatic hydroxyl groups is 1. The molecule has 1 saturated carbocycles. The zero-order valence-corrected chi connectivity index (χ0v) is 23.8. The number of hydrogen-bond acceptors (Lipinski definition) is 5. The first-order valence-electron chi connectivity index (χ1n) is 13.9. The number of nitrogens with zero attached hydrogens (tertiary/aromatic N) is 1. The number of alkyl carbamates (subject to hydrolysis) is 1. The Kier molecular flexibility index (Phi) is 10.4. The summed E-state index contributed by atoms with van der Waals surface area (Å²) in [7, 11) is 0. The van der Waals surface area contributed by atoms with Crippen LogP contribution < -0.4 is 10.6 Å². The first kappa shape index (κ1) is 30.0. The molecule has 3 rings (SSSR count). The molecule has 0 aromatic heterocycles. The van der Waals surface area contributed by atoms with Gasteiger partial charge in [-0.3, -0.25) is 9.59 Å². The molecule has 0 aliphatic heterocycles. The number of likely N-dealkylation sites (N-methyl/N-ethyl adjacent to an activating group) is 1. The minimum atomic E-state index is -0.986. The molecule has 2 aromatic carbocycles. The molecule has 39 heavy (non-hydrogen) atoms. The first-order chi connectivity index (χ1) is 18.5. The van der Waals surface area contributed by atoms with E-state index in [2.05, 4.69) is 10.6 Å². The van der Waals surface area contributed by atoms with E-state index in [0.717, 1.165) is 36.8 Å². The quantitative estimate of drug-likeness (QED) is 0.409. The molecule has 2 unspecified atom stereocenters. The monoisotopic (exact) mass is 537 g/mol. The van der Waals surface area contributed by atoms with Crippen molar-refractivity contribution in [2.24, 2.45) is 0 Å². The molecule has 8 heteroatoms. The highest BCUT2D eigenvalue weighted by atomic mass is 16.6. The Bertz CT molecular complexity index is 1100. The number of phenols is 1. The third-order valence-electron chi connectivity index (χ3n) is 6.89. The number of hydrogen-bond donors (Lipinski definition) is 3. The van der Waals surface area contributed by atoms with Crippen LogP contribution in [0.25, 0.3) is 0 Å². The largest absolute Gasteiger partial charge is 0.508 e. The van der Waals surface area contributed by atoms with Gasteiger partial charge >= 0.3 is 6.09 Å². The summed E-state index contributed by atoms with van der Waals surface area (Å²) in [5.41, 5.74) is 1.77. The number of benzene rings is 2. The molecule has 1 aliphatic rings. The second-order valence-corrected chi connectivity index (χ2v) is 11.4. The van der Waals surface area contributed by atoms with E-state index in [-0.39, 0.29) is 36.6 Å². The second-order valence-electron chi connectivity index (χ2n) is 11.4. The van der Waals surface area contributed by atoms with Crippen LogP contribution in [0.2, 0.25) is 0 Å². The molecule has 2 aromatic rings. The molecular weight excluding hydrogens is 494 g/mol. The fourth-order valence-corrected chi connectivity index (χ4v) is 4.93. The SMILES string of the molecule is CCN(C(=O)C(Cc1ccc(O)cc1)NC(=O)OC(C)(C)C)C(C(=O)NC1CCCCC1)c1ccc(C)cc1. The Morgan fingerprint density at radius 3 is 2.18 bits per heavy atom. The lowest BCUT2D eigenvalue weighted by Gasteiger charge is -2.35. The van der Waals surface area contributed by atoms with Crippen LogP contribution in [0, 0.1) is 6.92 Å². The van der Waals surface area contributed by atoms with Gasteiger partial charge in [0.15, 0.2) is 0 Å². The molecule has 8 nitrogen and oxygen atoms in total. The molecule has 0 radical (unpaired) electrons. The Hall–Kier alpha value is -3.55. The number of carbonyl (C=O) groups is 3. The number of aryl methyl sites for hydroxylation is 1. The number of ether oxygens (including phenoxy) is 1. The van der Waals surface area contributed by atoms with Gasteiger partial charge in [-0.15, -0.1) is 0 Å². The highest BCUT2D eigenvalue weighted by molar-refractivity contribution is 5.92. The van der Waals surface area contributed by atoms with Crippen molar-refractivity contribution < 1.29 is 24.2 Å². The zero-order valence-electron chi connectivity index (χ0n) is 23.8. The van der Waals surface area contributed by atoms with Gasteiger partial charge in [0, 0.05) is 19.0 Å². The Morgan fingerprint density at radius 1 is 1.00 bits per heavy atom. The van der Waals surface area contributed by atoms with Gasteiger partial charge in [-0.1, -0.05) is 61.2 Å². The maximum absolute atomic E-state index is 14.2. The summed E-state index contributed by atoms with van der Waals surface area (Å²) < 4.78 is 5.45. The van der Waals surface area contributed by atoms with Gasteiger partial charge in [-0.25, -0.2) is 4.79 Å². The summed E-state index contributed by atoms with van der Waals surface area (Å²) in [6, 6.07) is 12.4. The van der Waals surface area contributed by atoms with Crippen molar-refractivity contribution in [1.82, 2.24) is 15.5 Å². The second kappa shape index (κ2) is 13.5. The maximum Gasteiger partial charge on any atom is 0.408 e. The molecular formula is C31H43N3O5. The standard InChI is InChI=1S/C31H43N3O5/c1-6-34(27(23-16-12-21(2)13-17-23)28(36)32-24-10-8-7-9-11-24)29(37)26(33-30(38)39-31(3,4)5)20-22-14-18-25(35)19-15-22/h12-19,24,26-27,35H,6-11,20H2,1-5H3,(H,32,36)(H,33,38). The number of rotatable bonds is 9. The zero-order chi connectivity index (χ0) is 28.6. The Morgan fingerprint density at radius 2 is 1.62 bits per heavy atom. The highest BCUT2D eigenvalue weighted by Crippen LogP contribution is 2.26.